The molecule has 176 valence electrons. The number of amides is 2. The standard InChI is InChI=1S/C21H17N3O7S3/c25-16(10-14-2-1-8-32-14)22-17-19(26)23-18(21(27)28)12(11-33-20(17)23)7-9-34(31)15-5-3-13(4-6-15)24(29)30/h1-9,17,20H,10-11H2,(H,22,25)(H,27,28)/b9-7+/t17?,20-,34?/m1/s1. The van der Waals surface area contributed by atoms with Crippen LogP contribution in [0.3, 0.4) is 0 Å². The number of carbonyl (C=O) groups excluding carboxylic acids is 2. The molecule has 3 heterocycles. The van der Waals surface area contributed by atoms with Crippen LogP contribution in [0.1, 0.15) is 4.88 Å². The molecule has 4 rings (SSSR count). The third-order valence-electron chi connectivity index (χ3n) is 5.10. The van der Waals surface area contributed by atoms with E-state index in [0.29, 0.717) is 10.5 Å². The number of β-lactam (4-membered cyclic amide) rings is 1. The van der Waals surface area contributed by atoms with Gasteiger partial charge in [0.2, 0.25) is 5.91 Å². The first kappa shape index (κ1) is 24.0. The third-order valence-corrected chi connectivity index (χ3v) is 8.40. The Kier molecular flexibility index (Phi) is 7.07. The van der Waals surface area contributed by atoms with E-state index in [-0.39, 0.29) is 29.5 Å². The molecule has 2 aliphatic heterocycles. The van der Waals surface area contributed by atoms with E-state index in [9.17, 15) is 34.2 Å². The van der Waals surface area contributed by atoms with Crippen LogP contribution < -0.4 is 5.32 Å². The van der Waals surface area contributed by atoms with Crippen molar-refractivity contribution < 1.29 is 29.0 Å². The van der Waals surface area contributed by atoms with Gasteiger partial charge >= 0.3 is 5.97 Å². The second-order valence-electron chi connectivity index (χ2n) is 7.24. The Hall–Kier alpha value is -3.13. The second-order valence-corrected chi connectivity index (χ2v) is 10.7. The van der Waals surface area contributed by atoms with Crippen molar-refractivity contribution in [1.82, 2.24) is 10.2 Å². The van der Waals surface area contributed by atoms with E-state index in [1.165, 1.54) is 58.8 Å². The van der Waals surface area contributed by atoms with Gasteiger partial charge in [-0.15, -0.1) is 23.1 Å². The second kappa shape index (κ2) is 10.0. The summed E-state index contributed by atoms with van der Waals surface area (Å²) >= 11 is 1.06. The highest BCUT2D eigenvalue weighted by atomic mass is 32.2. The molecule has 34 heavy (non-hydrogen) atoms. The van der Waals surface area contributed by atoms with Crippen molar-refractivity contribution >= 4 is 57.7 Å². The van der Waals surface area contributed by atoms with E-state index in [1.54, 1.807) is 0 Å². The normalized spacial score (nSPS) is 20.6. The number of carboxylic acid groups (broad SMARTS) is 1. The number of hydrogen-bond acceptors (Lipinski definition) is 8. The van der Waals surface area contributed by atoms with E-state index >= 15 is 0 Å². The highest BCUT2D eigenvalue weighted by molar-refractivity contribution is 8.00. The summed E-state index contributed by atoms with van der Waals surface area (Å²) in [6.45, 7) is 0. The molecule has 2 aromatic rings. The molecule has 0 saturated carbocycles. The lowest BCUT2D eigenvalue weighted by Crippen LogP contribution is -2.70. The van der Waals surface area contributed by atoms with E-state index in [4.69, 9.17) is 0 Å². The van der Waals surface area contributed by atoms with E-state index in [0.717, 1.165) is 9.78 Å². The number of nitrogens with one attached hydrogen (secondary N) is 1. The molecular weight excluding hydrogens is 502 g/mol. The first-order chi connectivity index (χ1) is 16.3. The minimum Gasteiger partial charge on any atom is -0.607 e. The monoisotopic (exact) mass is 519 g/mol. The quantitative estimate of drug-likeness (QED) is 0.233. The van der Waals surface area contributed by atoms with Crippen molar-refractivity contribution in [3.8, 4) is 0 Å². The van der Waals surface area contributed by atoms with E-state index in [2.05, 4.69) is 5.32 Å². The summed E-state index contributed by atoms with van der Waals surface area (Å²) in [5.74, 6) is -1.90. The summed E-state index contributed by atoms with van der Waals surface area (Å²) in [7, 11) is 0. The molecule has 0 bridgehead atoms. The number of rotatable bonds is 8. The van der Waals surface area contributed by atoms with Gasteiger partial charge in [-0.1, -0.05) is 6.07 Å². The number of hydrogen-bond donors (Lipinski definition) is 2. The van der Waals surface area contributed by atoms with Crippen molar-refractivity contribution in [2.75, 3.05) is 5.75 Å². The number of carboxylic acids is 1. The SMILES string of the molecule is O=C(Cc1cccs1)NC1C(=O)N2C(C(=O)O)=C(/C=C/[S+]([O-])c3ccc([N+](=O)[O-])cc3)CS[C@H]12. The molecule has 1 aromatic carbocycles. The van der Waals surface area contributed by atoms with Crippen LogP contribution in [0.5, 0.6) is 0 Å². The van der Waals surface area contributed by atoms with Crippen LogP contribution in [0, 0.1) is 10.1 Å². The Bertz CT molecular complexity index is 1190. The first-order valence-corrected chi connectivity index (χ1v) is 13.0. The zero-order chi connectivity index (χ0) is 24.4. The number of fused-ring (bicyclic) bond motifs is 1. The summed E-state index contributed by atoms with van der Waals surface area (Å²) in [5.41, 5.74) is -0.0427. The molecular formula is C21H17N3O7S3. The summed E-state index contributed by atoms with van der Waals surface area (Å²) in [5, 5.41) is 25.8. The summed E-state index contributed by atoms with van der Waals surface area (Å²) < 4.78 is 12.5. The third kappa shape index (κ3) is 4.87. The maximum atomic E-state index is 12.7. The van der Waals surface area contributed by atoms with Crippen molar-refractivity contribution in [3.05, 3.63) is 79.5 Å². The lowest BCUT2D eigenvalue weighted by Gasteiger charge is -2.49. The summed E-state index contributed by atoms with van der Waals surface area (Å²) in [6, 6.07) is 8.02. The number of nitro groups is 1. The topological polar surface area (TPSA) is 153 Å². The predicted molar refractivity (Wildman–Crippen MR) is 126 cm³/mol. The van der Waals surface area contributed by atoms with Gasteiger partial charge in [0.05, 0.1) is 11.3 Å². The lowest BCUT2D eigenvalue weighted by molar-refractivity contribution is -0.384. The van der Waals surface area contributed by atoms with Gasteiger partial charge in [0.15, 0.2) is 4.90 Å². The van der Waals surface area contributed by atoms with Gasteiger partial charge in [-0.25, -0.2) is 4.79 Å². The van der Waals surface area contributed by atoms with Gasteiger partial charge in [0, 0.05) is 46.1 Å². The zero-order valence-corrected chi connectivity index (χ0v) is 19.7. The fourth-order valence-electron chi connectivity index (χ4n) is 3.49. The van der Waals surface area contributed by atoms with Crippen LogP contribution in [0.15, 0.2) is 69.4 Å². The molecule has 13 heteroatoms. The number of thiophene rings is 1. The van der Waals surface area contributed by atoms with Gasteiger partial charge in [0.25, 0.3) is 11.6 Å². The first-order valence-electron chi connectivity index (χ1n) is 9.82. The van der Waals surface area contributed by atoms with E-state index < -0.39 is 39.4 Å². The number of nitrogens with zero attached hydrogens (tertiary/aromatic N) is 2. The average Bonchev–Trinajstić information content (AvgIpc) is 3.33. The van der Waals surface area contributed by atoms with Crippen LogP contribution in [0.25, 0.3) is 0 Å². The Morgan fingerprint density at radius 3 is 2.65 bits per heavy atom. The van der Waals surface area contributed by atoms with Gasteiger partial charge in [0.1, 0.15) is 22.5 Å². The number of allylic oxidation sites excluding steroid dienone is 1. The largest absolute Gasteiger partial charge is 0.607 e. The van der Waals surface area contributed by atoms with Gasteiger partial charge < -0.3 is 15.0 Å². The van der Waals surface area contributed by atoms with Gasteiger partial charge in [-0.05, 0) is 23.1 Å². The van der Waals surface area contributed by atoms with Crippen molar-refractivity contribution in [3.63, 3.8) is 0 Å². The molecule has 2 unspecified atom stereocenters. The maximum absolute atomic E-state index is 12.7. The summed E-state index contributed by atoms with van der Waals surface area (Å²) in [6.07, 6.45) is 1.53. The fourth-order valence-corrected chi connectivity index (χ4v) is 6.36. The maximum Gasteiger partial charge on any atom is 0.352 e. The van der Waals surface area contributed by atoms with E-state index in [1.807, 2.05) is 17.5 Å². The molecule has 0 spiro atoms. The van der Waals surface area contributed by atoms with Crippen LogP contribution >= 0.6 is 23.1 Å². The highest BCUT2D eigenvalue weighted by Gasteiger charge is 2.54. The molecule has 2 amide bonds. The minimum absolute atomic E-state index is 0.136. The Morgan fingerprint density at radius 2 is 2.03 bits per heavy atom. The molecule has 0 radical (unpaired) electrons. The average molecular weight is 520 g/mol. The highest BCUT2D eigenvalue weighted by Crippen LogP contribution is 2.40. The lowest BCUT2D eigenvalue weighted by atomic mass is 10.0. The van der Waals surface area contributed by atoms with Crippen molar-refractivity contribution in [2.45, 2.75) is 22.7 Å². The Balaban J connectivity index is 1.46. The number of carbonyl (C=O) groups is 3. The predicted octanol–water partition coefficient (Wildman–Crippen LogP) is 2.26. The minimum atomic E-state index is -1.68. The van der Waals surface area contributed by atoms with Crippen molar-refractivity contribution in [1.29, 1.82) is 0 Å². The van der Waals surface area contributed by atoms with Gasteiger partial charge in [-0.2, -0.15) is 0 Å². The molecule has 1 aromatic heterocycles. The molecule has 2 aliphatic rings. The number of non-ortho nitro benzene ring substituents is 1. The molecule has 0 aliphatic carbocycles. The van der Waals surface area contributed by atoms with Crippen LogP contribution in [0.2, 0.25) is 0 Å². The molecule has 10 nitrogen and oxygen atoms in total. The smallest absolute Gasteiger partial charge is 0.352 e. The number of thioether (sulfide) groups is 1. The number of nitro benzene ring substituents is 1. The van der Waals surface area contributed by atoms with Crippen LogP contribution in [0.4, 0.5) is 5.69 Å². The van der Waals surface area contributed by atoms with Crippen LogP contribution in [-0.4, -0.2) is 54.4 Å². The fraction of sp³-hybridized carbons (Fsp3) is 0.190. The molecule has 3 atom stereocenters. The van der Waals surface area contributed by atoms with Crippen molar-refractivity contribution in [2.24, 2.45) is 0 Å². The molecule has 1 saturated heterocycles. The van der Waals surface area contributed by atoms with Gasteiger partial charge in [-0.3, -0.25) is 24.6 Å². The molecule has 2 N–H and O–H groups in total. The number of aliphatic carboxylic acids is 1. The van der Waals surface area contributed by atoms with Crippen LogP contribution in [-0.2, 0) is 32.0 Å². The molecule has 1 fully saturated rings. The Morgan fingerprint density at radius 1 is 1.29 bits per heavy atom. The summed E-state index contributed by atoms with van der Waals surface area (Å²) in [4.78, 5) is 49.4. The Labute approximate surface area is 204 Å². The zero-order valence-electron chi connectivity index (χ0n) is 17.3. The number of benzene rings is 1.